The first-order chi connectivity index (χ1) is 14.3. The Morgan fingerprint density at radius 2 is 1.80 bits per heavy atom. The van der Waals surface area contributed by atoms with E-state index in [-0.39, 0.29) is 5.91 Å². The molecule has 2 heterocycles. The van der Waals surface area contributed by atoms with Gasteiger partial charge in [-0.05, 0) is 79.7 Å². The molecule has 4 nitrogen and oxygen atoms in total. The molecule has 0 radical (unpaired) electrons. The Hall–Kier alpha value is -2.18. The van der Waals surface area contributed by atoms with Crippen LogP contribution in [0.1, 0.15) is 17.0 Å². The Kier molecular flexibility index (Phi) is 5.98. The summed E-state index contributed by atoms with van der Waals surface area (Å²) < 4.78 is 2.13. The van der Waals surface area contributed by atoms with Crippen molar-refractivity contribution in [3.05, 3.63) is 85.5 Å². The highest BCUT2D eigenvalue weighted by atomic mass is 35.5. The monoisotopic (exact) mass is 475 g/mol. The molecule has 1 fully saturated rings. The van der Waals surface area contributed by atoms with Gasteiger partial charge in [0.2, 0.25) is 0 Å². The lowest BCUT2D eigenvalue weighted by atomic mass is 10.2. The zero-order valence-electron chi connectivity index (χ0n) is 16.0. The maximum Gasteiger partial charge on any atom is 0.264 e. The van der Waals surface area contributed by atoms with Crippen molar-refractivity contribution in [2.45, 2.75) is 13.8 Å². The number of hydrogen-bond donors (Lipinski definition) is 1. The molecule has 1 amide bonds. The average molecular weight is 477 g/mol. The van der Waals surface area contributed by atoms with Gasteiger partial charge in [-0.2, -0.15) is 0 Å². The van der Waals surface area contributed by atoms with Crippen LogP contribution in [-0.4, -0.2) is 15.6 Å². The molecular formula is C22H16Cl3N3OS. The average Bonchev–Trinajstić information content (AvgIpc) is 3.19. The lowest BCUT2D eigenvalue weighted by Crippen LogP contribution is -2.19. The Morgan fingerprint density at radius 3 is 2.53 bits per heavy atom. The molecule has 0 unspecified atom stereocenters. The number of aromatic nitrogens is 1. The number of thioether (sulfide) groups is 1. The molecule has 0 atom stereocenters. The van der Waals surface area contributed by atoms with Crippen LogP contribution in [-0.2, 0) is 4.79 Å². The molecule has 4 rings (SSSR count). The third-order valence-electron chi connectivity index (χ3n) is 4.65. The van der Waals surface area contributed by atoms with Gasteiger partial charge in [0.05, 0.1) is 20.6 Å². The van der Waals surface area contributed by atoms with E-state index in [9.17, 15) is 4.79 Å². The summed E-state index contributed by atoms with van der Waals surface area (Å²) in [7, 11) is 0. The van der Waals surface area contributed by atoms with Crippen molar-refractivity contribution < 1.29 is 4.79 Å². The zero-order valence-corrected chi connectivity index (χ0v) is 19.1. The van der Waals surface area contributed by atoms with Crippen LogP contribution in [0.4, 0.5) is 5.69 Å². The second-order valence-corrected chi connectivity index (χ2v) is 8.95. The van der Waals surface area contributed by atoms with Gasteiger partial charge in [-0.25, -0.2) is 4.99 Å². The molecule has 0 bridgehead atoms. The Labute approximate surface area is 193 Å². The van der Waals surface area contributed by atoms with Crippen molar-refractivity contribution in [1.82, 2.24) is 9.88 Å². The number of nitrogens with one attached hydrogen (secondary N) is 1. The Balaban J connectivity index is 1.65. The van der Waals surface area contributed by atoms with Gasteiger partial charge in [-0.1, -0.05) is 40.9 Å². The van der Waals surface area contributed by atoms with Crippen LogP contribution in [0.2, 0.25) is 15.1 Å². The smallest absolute Gasteiger partial charge is 0.264 e. The molecule has 152 valence electrons. The van der Waals surface area contributed by atoms with Gasteiger partial charge in [0, 0.05) is 22.1 Å². The van der Waals surface area contributed by atoms with Crippen molar-refractivity contribution in [3.8, 4) is 5.69 Å². The van der Waals surface area contributed by atoms with Gasteiger partial charge in [-0.3, -0.25) is 4.79 Å². The number of rotatable bonds is 3. The molecule has 1 aliphatic rings. The number of hydrogen-bond acceptors (Lipinski definition) is 3. The summed E-state index contributed by atoms with van der Waals surface area (Å²) in [5, 5.41) is 4.70. The Morgan fingerprint density at radius 1 is 1.07 bits per heavy atom. The van der Waals surface area contributed by atoms with Gasteiger partial charge in [0.15, 0.2) is 5.17 Å². The van der Waals surface area contributed by atoms with Gasteiger partial charge in [-0.15, -0.1) is 0 Å². The van der Waals surface area contributed by atoms with Crippen LogP contribution in [0.25, 0.3) is 11.8 Å². The highest BCUT2D eigenvalue weighted by Gasteiger charge is 2.25. The predicted molar refractivity (Wildman–Crippen MR) is 128 cm³/mol. The minimum Gasteiger partial charge on any atom is -0.318 e. The van der Waals surface area contributed by atoms with Gasteiger partial charge < -0.3 is 9.88 Å². The van der Waals surface area contributed by atoms with E-state index in [4.69, 9.17) is 34.8 Å². The zero-order chi connectivity index (χ0) is 21.4. The molecule has 0 spiro atoms. The highest BCUT2D eigenvalue weighted by molar-refractivity contribution is 8.18. The van der Waals surface area contributed by atoms with E-state index in [2.05, 4.69) is 14.9 Å². The topological polar surface area (TPSA) is 46.4 Å². The molecule has 1 N–H and O–H groups in total. The number of aryl methyl sites for hydroxylation is 1. The fourth-order valence-corrected chi connectivity index (χ4v) is 4.52. The Bertz CT molecular complexity index is 1210. The van der Waals surface area contributed by atoms with Gasteiger partial charge >= 0.3 is 0 Å². The first kappa shape index (κ1) is 21.1. The summed E-state index contributed by atoms with van der Waals surface area (Å²) in [5.74, 6) is -0.201. The van der Waals surface area contributed by atoms with Crippen LogP contribution >= 0.6 is 46.6 Å². The summed E-state index contributed by atoms with van der Waals surface area (Å²) in [5.41, 5.74) is 4.57. The standard InChI is InChI=1S/C22H16Cl3N3OS/c1-12-10-14(13(2)28(12)16-8-6-15(23)7-9-16)11-19-21(29)27-22(30-19)26-18-5-3-4-17(24)20(18)25/h3-11H,1-2H3,(H,26,27,29)/b19-11-. The SMILES string of the molecule is Cc1cc(/C=C2\SC(=Nc3cccc(Cl)c3Cl)NC2=O)c(C)n1-c1ccc(Cl)cc1. The molecule has 1 aromatic heterocycles. The number of nitrogens with zero attached hydrogens (tertiary/aromatic N) is 2. The van der Waals surface area contributed by atoms with E-state index in [1.165, 1.54) is 11.8 Å². The van der Waals surface area contributed by atoms with E-state index in [1.807, 2.05) is 50.3 Å². The predicted octanol–water partition coefficient (Wildman–Crippen LogP) is 6.95. The largest absolute Gasteiger partial charge is 0.318 e. The second kappa shape index (κ2) is 8.52. The molecule has 1 aliphatic heterocycles. The van der Waals surface area contributed by atoms with E-state index in [0.717, 1.165) is 22.6 Å². The molecule has 0 aliphatic carbocycles. The number of halogens is 3. The lowest BCUT2D eigenvalue weighted by molar-refractivity contribution is -0.115. The summed E-state index contributed by atoms with van der Waals surface area (Å²) >= 11 is 19.5. The molecular weight excluding hydrogens is 461 g/mol. The number of carbonyl (C=O) groups excluding carboxylic acids is 1. The number of aliphatic imine (C=N–C) groups is 1. The van der Waals surface area contributed by atoms with E-state index < -0.39 is 0 Å². The van der Waals surface area contributed by atoms with Crippen molar-refractivity contribution in [3.63, 3.8) is 0 Å². The van der Waals surface area contributed by atoms with Gasteiger partial charge in [0.25, 0.3) is 5.91 Å². The van der Waals surface area contributed by atoms with Crippen molar-refractivity contribution in [2.75, 3.05) is 0 Å². The molecule has 1 saturated heterocycles. The summed E-state index contributed by atoms with van der Waals surface area (Å²) in [6.45, 7) is 4.05. The number of carbonyl (C=O) groups is 1. The minimum absolute atomic E-state index is 0.201. The second-order valence-electron chi connectivity index (χ2n) is 6.69. The fraction of sp³-hybridized carbons (Fsp3) is 0.0909. The van der Waals surface area contributed by atoms with Gasteiger partial charge in [0.1, 0.15) is 0 Å². The first-order valence-corrected chi connectivity index (χ1v) is 11.0. The maximum absolute atomic E-state index is 12.5. The van der Waals surface area contributed by atoms with E-state index >= 15 is 0 Å². The number of benzene rings is 2. The fourth-order valence-electron chi connectivity index (χ4n) is 3.23. The van der Waals surface area contributed by atoms with Crippen LogP contribution in [0.5, 0.6) is 0 Å². The maximum atomic E-state index is 12.5. The molecule has 8 heteroatoms. The summed E-state index contributed by atoms with van der Waals surface area (Å²) in [6.07, 6.45) is 1.87. The van der Waals surface area contributed by atoms with Crippen LogP contribution in [0.15, 0.2) is 58.4 Å². The first-order valence-electron chi connectivity index (χ1n) is 9.02. The molecule has 3 aromatic rings. The molecule has 0 saturated carbocycles. The number of amides is 1. The van der Waals surface area contributed by atoms with E-state index in [1.54, 1.807) is 18.2 Å². The quantitative estimate of drug-likeness (QED) is 0.416. The summed E-state index contributed by atoms with van der Waals surface area (Å²) in [6, 6.07) is 14.9. The normalized spacial score (nSPS) is 16.5. The molecule has 2 aromatic carbocycles. The van der Waals surface area contributed by atoms with Crippen LogP contribution < -0.4 is 5.32 Å². The third-order valence-corrected chi connectivity index (χ3v) is 6.62. The van der Waals surface area contributed by atoms with Crippen LogP contribution in [0.3, 0.4) is 0 Å². The lowest BCUT2D eigenvalue weighted by Gasteiger charge is -2.09. The highest BCUT2D eigenvalue weighted by Crippen LogP contribution is 2.35. The van der Waals surface area contributed by atoms with Crippen molar-refractivity contribution in [1.29, 1.82) is 0 Å². The summed E-state index contributed by atoms with van der Waals surface area (Å²) in [4.78, 5) is 17.5. The number of amidine groups is 1. The molecule has 30 heavy (non-hydrogen) atoms. The third kappa shape index (κ3) is 4.16. The van der Waals surface area contributed by atoms with E-state index in [0.29, 0.717) is 30.8 Å². The van der Waals surface area contributed by atoms with Crippen LogP contribution in [0, 0.1) is 13.8 Å². The minimum atomic E-state index is -0.201. The van der Waals surface area contributed by atoms with Crippen molar-refractivity contribution >= 4 is 69.4 Å². The van der Waals surface area contributed by atoms with Crippen molar-refractivity contribution in [2.24, 2.45) is 4.99 Å².